The van der Waals surface area contributed by atoms with E-state index in [2.05, 4.69) is 19.9 Å². The van der Waals surface area contributed by atoms with Crippen molar-refractivity contribution in [1.29, 1.82) is 0 Å². The predicted molar refractivity (Wildman–Crippen MR) is 80.0 cm³/mol. The van der Waals surface area contributed by atoms with Crippen molar-refractivity contribution < 1.29 is 4.74 Å². The topological polar surface area (TPSA) is 80.4 Å². The number of nitrogens with two attached hydrogens (primary N) is 1. The highest BCUT2D eigenvalue weighted by Gasteiger charge is 2.17. The fourth-order valence-electron chi connectivity index (χ4n) is 2.12. The Balaban J connectivity index is 2.02. The molecule has 2 heterocycles. The van der Waals surface area contributed by atoms with Crippen molar-refractivity contribution in [3.63, 3.8) is 0 Å². The van der Waals surface area contributed by atoms with E-state index in [-0.39, 0.29) is 12.1 Å². The quantitative estimate of drug-likeness (QED) is 0.829. The van der Waals surface area contributed by atoms with Crippen molar-refractivity contribution in [3.8, 4) is 0 Å². The molecule has 1 aliphatic rings. The van der Waals surface area contributed by atoms with Gasteiger partial charge in [-0.3, -0.25) is 0 Å². The lowest BCUT2D eigenvalue weighted by Gasteiger charge is -2.21. The maximum Gasteiger partial charge on any atom is 0.231 e. The summed E-state index contributed by atoms with van der Waals surface area (Å²) in [5.41, 5.74) is 5.79. The predicted octanol–water partition coefficient (Wildman–Crippen LogP) is 0.915. The third kappa shape index (κ3) is 3.93. The SMILES string of the molecule is CC(C)OCCN(C)c1nc(N)nc(N2CCCC2)n1. The first-order valence-electron chi connectivity index (χ1n) is 7.15. The van der Waals surface area contributed by atoms with Crippen molar-refractivity contribution in [2.75, 3.05) is 48.8 Å². The molecule has 0 saturated carbocycles. The molecule has 0 unspecified atom stereocenters. The van der Waals surface area contributed by atoms with E-state index >= 15 is 0 Å². The summed E-state index contributed by atoms with van der Waals surface area (Å²) in [6, 6.07) is 0. The second kappa shape index (κ2) is 6.69. The van der Waals surface area contributed by atoms with Gasteiger partial charge in [0.1, 0.15) is 0 Å². The number of nitrogen functional groups attached to an aromatic ring is 1. The van der Waals surface area contributed by atoms with Crippen LogP contribution in [0.4, 0.5) is 17.8 Å². The molecule has 0 atom stereocenters. The molecule has 2 rings (SSSR count). The fourth-order valence-corrected chi connectivity index (χ4v) is 2.12. The number of rotatable bonds is 6. The molecule has 1 aromatic rings. The van der Waals surface area contributed by atoms with Crippen LogP contribution >= 0.6 is 0 Å². The molecule has 7 nitrogen and oxygen atoms in total. The molecule has 0 aromatic carbocycles. The van der Waals surface area contributed by atoms with Gasteiger partial charge >= 0.3 is 0 Å². The summed E-state index contributed by atoms with van der Waals surface area (Å²) in [7, 11) is 1.94. The first-order chi connectivity index (χ1) is 9.56. The molecule has 1 aliphatic heterocycles. The van der Waals surface area contributed by atoms with Gasteiger partial charge in [0.25, 0.3) is 0 Å². The van der Waals surface area contributed by atoms with E-state index in [1.165, 1.54) is 12.8 Å². The van der Waals surface area contributed by atoms with Gasteiger partial charge in [-0.2, -0.15) is 15.0 Å². The average Bonchev–Trinajstić information content (AvgIpc) is 2.91. The Hall–Kier alpha value is -1.63. The van der Waals surface area contributed by atoms with Crippen LogP contribution in [0.2, 0.25) is 0 Å². The van der Waals surface area contributed by atoms with E-state index in [0.29, 0.717) is 18.5 Å². The summed E-state index contributed by atoms with van der Waals surface area (Å²) in [6.45, 7) is 7.38. The maximum atomic E-state index is 5.79. The molecule has 0 aliphatic carbocycles. The number of hydrogen-bond donors (Lipinski definition) is 1. The van der Waals surface area contributed by atoms with Crippen LogP contribution in [0.15, 0.2) is 0 Å². The zero-order chi connectivity index (χ0) is 14.5. The number of likely N-dealkylation sites (N-methyl/N-ethyl adjacent to an activating group) is 1. The third-order valence-electron chi connectivity index (χ3n) is 3.24. The van der Waals surface area contributed by atoms with E-state index in [1.807, 2.05) is 25.8 Å². The standard InChI is InChI=1S/C13H24N6O/c1-10(2)20-9-8-18(3)12-15-11(14)16-13(17-12)19-6-4-5-7-19/h10H,4-9H2,1-3H3,(H2,14,15,16,17). The molecule has 0 radical (unpaired) electrons. The summed E-state index contributed by atoms with van der Waals surface area (Å²) in [5, 5.41) is 0. The van der Waals surface area contributed by atoms with Crippen molar-refractivity contribution in [3.05, 3.63) is 0 Å². The highest BCUT2D eigenvalue weighted by molar-refractivity contribution is 5.43. The first kappa shape index (κ1) is 14.8. The zero-order valence-corrected chi connectivity index (χ0v) is 12.5. The lowest BCUT2D eigenvalue weighted by atomic mass is 10.4. The lowest BCUT2D eigenvalue weighted by Crippen LogP contribution is -2.28. The molecular formula is C13H24N6O. The number of ether oxygens (including phenoxy) is 1. The minimum atomic E-state index is 0.229. The molecule has 1 aromatic heterocycles. The second-order valence-electron chi connectivity index (χ2n) is 5.33. The Morgan fingerprint density at radius 2 is 1.95 bits per heavy atom. The molecule has 7 heteroatoms. The largest absolute Gasteiger partial charge is 0.377 e. The van der Waals surface area contributed by atoms with Gasteiger partial charge in [-0.25, -0.2) is 0 Å². The Morgan fingerprint density at radius 3 is 2.60 bits per heavy atom. The fraction of sp³-hybridized carbons (Fsp3) is 0.769. The Kier molecular flexibility index (Phi) is 4.94. The van der Waals surface area contributed by atoms with Gasteiger partial charge < -0.3 is 20.3 Å². The summed E-state index contributed by atoms with van der Waals surface area (Å²) < 4.78 is 5.54. The highest BCUT2D eigenvalue weighted by Crippen LogP contribution is 2.18. The third-order valence-corrected chi connectivity index (χ3v) is 3.24. The maximum absolute atomic E-state index is 5.79. The van der Waals surface area contributed by atoms with E-state index < -0.39 is 0 Å². The Morgan fingerprint density at radius 1 is 1.25 bits per heavy atom. The molecule has 0 amide bonds. The molecule has 1 saturated heterocycles. The van der Waals surface area contributed by atoms with E-state index in [0.717, 1.165) is 19.6 Å². The smallest absolute Gasteiger partial charge is 0.231 e. The first-order valence-corrected chi connectivity index (χ1v) is 7.15. The van der Waals surface area contributed by atoms with Gasteiger partial charge in [0, 0.05) is 26.7 Å². The Bertz CT molecular complexity index is 433. The lowest BCUT2D eigenvalue weighted by molar-refractivity contribution is 0.0844. The van der Waals surface area contributed by atoms with Gasteiger partial charge in [0.15, 0.2) is 0 Å². The van der Waals surface area contributed by atoms with Crippen LogP contribution < -0.4 is 15.5 Å². The number of hydrogen-bond acceptors (Lipinski definition) is 7. The number of nitrogens with zero attached hydrogens (tertiary/aromatic N) is 5. The van der Waals surface area contributed by atoms with Crippen LogP contribution in [-0.2, 0) is 4.74 Å². The number of aromatic nitrogens is 3. The minimum absolute atomic E-state index is 0.229. The highest BCUT2D eigenvalue weighted by atomic mass is 16.5. The van der Waals surface area contributed by atoms with Crippen LogP contribution in [0.1, 0.15) is 26.7 Å². The van der Waals surface area contributed by atoms with Gasteiger partial charge in [-0.05, 0) is 26.7 Å². The molecule has 0 bridgehead atoms. The average molecular weight is 280 g/mol. The van der Waals surface area contributed by atoms with Gasteiger partial charge in [0.2, 0.25) is 17.8 Å². The molecule has 20 heavy (non-hydrogen) atoms. The van der Waals surface area contributed by atoms with E-state index in [4.69, 9.17) is 10.5 Å². The van der Waals surface area contributed by atoms with Crippen LogP contribution in [0.3, 0.4) is 0 Å². The molecule has 0 spiro atoms. The second-order valence-corrected chi connectivity index (χ2v) is 5.33. The van der Waals surface area contributed by atoms with Crippen LogP contribution in [0.5, 0.6) is 0 Å². The zero-order valence-electron chi connectivity index (χ0n) is 12.5. The van der Waals surface area contributed by atoms with Gasteiger partial charge in [-0.1, -0.05) is 0 Å². The van der Waals surface area contributed by atoms with Crippen LogP contribution in [0.25, 0.3) is 0 Å². The minimum Gasteiger partial charge on any atom is -0.377 e. The number of anilines is 3. The van der Waals surface area contributed by atoms with Gasteiger partial charge in [0.05, 0.1) is 12.7 Å². The molecule has 2 N–H and O–H groups in total. The summed E-state index contributed by atoms with van der Waals surface area (Å²) >= 11 is 0. The van der Waals surface area contributed by atoms with Crippen molar-refractivity contribution in [2.24, 2.45) is 0 Å². The molecule has 112 valence electrons. The Labute approximate surface area is 120 Å². The molecule has 1 fully saturated rings. The van der Waals surface area contributed by atoms with Crippen molar-refractivity contribution in [1.82, 2.24) is 15.0 Å². The van der Waals surface area contributed by atoms with Crippen LogP contribution in [-0.4, -0.2) is 54.3 Å². The van der Waals surface area contributed by atoms with E-state index in [9.17, 15) is 0 Å². The van der Waals surface area contributed by atoms with Crippen molar-refractivity contribution in [2.45, 2.75) is 32.8 Å². The summed E-state index contributed by atoms with van der Waals surface area (Å²) in [4.78, 5) is 17.0. The van der Waals surface area contributed by atoms with Crippen molar-refractivity contribution >= 4 is 17.8 Å². The summed E-state index contributed by atoms with van der Waals surface area (Å²) in [5.74, 6) is 1.56. The van der Waals surface area contributed by atoms with Crippen LogP contribution in [0, 0.1) is 0 Å². The molecular weight excluding hydrogens is 256 g/mol. The summed E-state index contributed by atoms with van der Waals surface area (Å²) in [6.07, 6.45) is 2.59. The normalized spacial score (nSPS) is 15.1. The van der Waals surface area contributed by atoms with Gasteiger partial charge in [-0.15, -0.1) is 0 Å². The van der Waals surface area contributed by atoms with E-state index in [1.54, 1.807) is 0 Å². The monoisotopic (exact) mass is 280 g/mol.